The minimum atomic E-state index is -3.58. The zero-order valence-electron chi connectivity index (χ0n) is 12.5. The van der Waals surface area contributed by atoms with Crippen LogP contribution in [0.15, 0.2) is 23.1 Å². The van der Waals surface area contributed by atoms with Gasteiger partial charge in [-0.2, -0.15) is 4.31 Å². The molecule has 0 aliphatic carbocycles. The molecule has 1 heterocycles. The summed E-state index contributed by atoms with van der Waals surface area (Å²) in [5.74, 6) is 0. The van der Waals surface area contributed by atoms with E-state index in [-0.39, 0.29) is 17.5 Å². The van der Waals surface area contributed by atoms with E-state index in [2.05, 4.69) is 0 Å². The largest absolute Gasteiger partial charge is 0.370 e. The molecular weight excluding hydrogens is 312 g/mol. The lowest BCUT2D eigenvalue weighted by molar-refractivity contribution is -0.109. The first-order chi connectivity index (χ1) is 9.65. The van der Waals surface area contributed by atoms with Gasteiger partial charge in [-0.1, -0.05) is 11.6 Å². The highest BCUT2D eigenvalue weighted by Gasteiger charge is 2.38. The van der Waals surface area contributed by atoms with Gasteiger partial charge in [-0.3, -0.25) is 0 Å². The first-order valence-electron chi connectivity index (χ1n) is 6.82. The molecular formula is C14H21ClN2O3S. The summed E-state index contributed by atoms with van der Waals surface area (Å²) < 4.78 is 32.8. The van der Waals surface area contributed by atoms with E-state index in [0.717, 1.165) is 0 Å². The summed E-state index contributed by atoms with van der Waals surface area (Å²) in [6.07, 6.45) is -0.148. The van der Waals surface area contributed by atoms with E-state index >= 15 is 0 Å². The summed E-state index contributed by atoms with van der Waals surface area (Å²) in [6.45, 7) is 6.51. The second-order valence-electron chi connectivity index (χ2n) is 5.94. The van der Waals surface area contributed by atoms with Crippen molar-refractivity contribution < 1.29 is 13.2 Å². The van der Waals surface area contributed by atoms with Gasteiger partial charge in [0.25, 0.3) is 0 Å². The average molecular weight is 333 g/mol. The maximum absolute atomic E-state index is 12.8. The van der Waals surface area contributed by atoms with Gasteiger partial charge in [0.15, 0.2) is 0 Å². The van der Waals surface area contributed by atoms with Crippen molar-refractivity contribution in [1.29, 1.82) is 0 Å². The molecule has 0 saturated carbocycles. The Morgan fingerprint density at radius 1 is 1.48 bits per heavy atom. The van der Waals surface area contributed by atoms with Crippen LogP contribution in [0.25, 0.3) is 0 Å². The van der Waals surface area contributed by atoms with Crippen molar-refractivity contribution in [2.75, 3.05) is 13.1 Å². The number of rotatable bonds is 3. The van der Waals surface area contributed by atoms with E-state index in [1.165, 1.54) is 10.4 Å². The van der Waals surface area contributed by atoms with E-state index in [0.29, 0.717) is 23.7 Å². The lowest BCUT2D eigenvalue weighted by Crippen LogP contribution is -2.53. The van der Waals surface area contributed by atoms with Crippen LogP contribution < -0.4 is 5.73 Å². The van der Waals surface area contributed by atoms with Gasteiger partial charge in [-0.05, 0) is 44.5 Å². The maximum atomic E-state index is 12.8. The summed E-state index contributed by atoms with van der Waals surface area (Å²) in [7, 11) is -3.58. The fourth-order valence-corrected chi connectivity index (χ4v) is 4.51. The number of halogens is 1. The van der Waals surface area contributed by atoms with Crippen molar-refractivity contribution in [1.82, 2.24) is 4.31 Å². The molecule has 0 bridgehead atoms. The van der Waals surface area contributed by atoms with Gasteiger partial charge in [0, 0.05) is 24.7 Å². The van der Waals surface area contributed by atoms with Gasteiger partial charge in [0.1, 0.15) is 0 Å². The Balaban J connectivity index is 2.37. The number of ether oxygens (including phenoxy) is 1. The zero-order chi connectivity index (χ0) is 15.8. The second kappa shape index (κ2) is 5.85. The molecule has 1 saturated heterocycles. The molecule has 1 aromatic carbocycles. The lowest BCUT2D eigenvalue weighted by Gasteiger charge is -2.40. The fraction of sp³-hybridized carbons (Fsp3) is 0.571. The smallest absolute Gasteiger partial charge is 0.243 e. The standard InChI is InChI=1S/C14H21ClN2O3S/c1-10-8-17(9-14(2,3)20-10)21(18,19)12-4-5-13(15)11(6-12)7-16/h4-6,10H,7-9,16H2,1-3H3. The molecule has 1 atom stereocenters. The molecule has 0 spiro atoms. The minimum absolute atomic E-state index is 0.148. The summed E-state index contributed by atoms with van der Waals surface area (Å²) in [5, 5.41) is 0.479. The quantitative estimate of drug-likeness (QED) is 0.918. The Bertz CT molecular complexity index is 631. The highest BCUT2D eigenvalue weighted by molar-refractivity contribution is 7.89. The van der Waals surface area contributed by atoms with Crippen molar-refractivity contribution >= 4 is 21.6 Å². The highest BCUT2D eigenvalue weighted by atomic mass is 35.5. The van der Waals surface area contributed by atoms with Crippen LogP contribution in [0.1, 0.15) is 26.3 Å². The van der Waals surface area contributed by atoms with Gasteiger partial charge in [0.2, 0.25) is 10.0 Å². The van der Waals surface area contributed by atoms with Gasteiger partial charge in [-0.15, -0.1) is 0 Å². The van der Waals surface area contributed by atoms with Crippen LogP contribution in [0, 0.1) is 0 Å². The SMILES string of the molecule is CC1CN(S(=O)(=O)c2ccc(Cl)c(CN)c2)CC(C)(C)O1. The normalized spacial score (nSPS) is 23.2. The molecule has 21 heavy (non-hydrogen) atoms. The molecule has 2 rings (SSSR count). The highest BCUT2D eigenvalue weighted by Crippen LogP contribution is 2.28. The van der Waals surface area contributed by atoms with Crippen LogP contribution in [0.4, 0.5) is 0 Å². The van der Waals surface area contributed by atoms with Crippen LogP contribution in [0.5, 0.6) is 0 Å². The molecule has 2 N–H and O–H groups in total. The van der Waals surface area contributed by atoms with E-state index in [9.17, 15) is 8.42 Å². The van der Waals surface area contributed by atoms with E-state index < -0.39 is 15.6 Å². The first kappa shape index (κ1) is 16.7. The van der Waals surface area contributed by atoms with Crippen LogP contribution in [0.3, 0.4) is 0 Å². The number of nitrogens with zero attached hydrogens (tertiary/aromatic N) is 1. The predicted molar refractivity (Wildman–Crippen MR) is 82.7 cm³/mol. The minimum Gasteiger partial charge on any atom is -0.370 e. The van der Waals surface area contributed by atoms with E-state index in [1.807, 2.05) is 20.8 Å². The van der Waals surface area contributed by atoms with Crippen molar-refractivity contribution in [3.8, 4) is 0 Å². The van der Waals surface area contributed by atoms with Gasteiger partial charge >= 0.3 is 0 Å². The molecule has 0 amide bonds. The summed E-state index contributed by atoms with van der Waals surface area (Å²) in [4.78, 5) is 0.220. The molecule has 5 nitrogen and oxygen atoms in total. The molecule has 1 unspecified atom stereocenters. The summed E-state index contributed by atoms with van der Waals surface area (Å²) in [6, 6.07) is 4.64. The third-order valence-corrected chi connectivity index (χ3v) is 5.59. The lowest BCUT2D eigenvalue weighted by atomic mass is 10.1. The third-order valence-electron chi connectivity index (χ3n) is 3.41. The van der Waals surface area contributed by atoms with Crippen LogP contribution in [0.2, 0.25) is 5.02 Å². The van der Waals surface area contributed by atoms with Crippen LogP contribution in [-0.2, 0) is 21.3 Å². The molecule has 1 fully saturated rings. The molecule has 0 radical (unpaired) electrons. The average Bonchev–Trinajstić information content (AvgIpc) is 2.36. The molecule has 1 aliphatic heterocycles. The van der Waals surface area contributed by atoms with Crippen molar-refractivity contribution in [2.24, 2.45) is 5.73 Å². The summed E-state index contributed by atoms with van der Waals surface area (Å²) in [5.41, 5.74) is 5.71. The van der Waals surface area contributed by atoms with E-state index in [1.54, 1.807) is 12.1 Å². The Labute approximate surface area is 131 Å². The van der Waals surface area contributed by atoms with Crippen molar-refractivity contribution in [2.45, 2.75) is 43.9 Å². The molecule has 1 aliphatic rings. The number of morpholine rings is 1. The Morgan fingerprint density at radius 2 is 2.14 bits per heavy atom. The zero-order valence-corrected chi connectivity index (χ0v) is 14.0. The van der Waals surface area contributed by atoms with Gasteiger partial charge in [-0.25, -0.2) is 8.42 Å². The molecule has 1 aromatic rings. The predicted octanol–water partition coefficient (Wildman–Crippen LogP) is 1.99. The fourth-order valence-electron chi connectivity index (χ4n) is 2.60. The Kier molecular flexibility index (Phi) is 4.66. The topological polar surface area (TPSA) is 72.6 Å². The van der Waals surface area contributed by atoms with Crippen molar-refractivity contribution in [3.63, 3.8) is 0 Å². The van der Waals surface area contributed by atoms with Gasteiger partial charge in [0.05, 0.1) is 16.6 Å². The number of sulfonamides is 1. The molecule has 118 valence electrons. The monoisotopic (exact) mass is 332 g/mol. The number of hydrogen-bond donors (Lipinski definition) is 1. The second-order valence-corrected chi connectivity index (χ2v) is 8.29. The number of hydrogen-bond acceptors (Lipinski definition) is 4. The Hall–Kier alpha value is -0.660. The van der Waals surface area contributed by atoms with Gasteiger partial charge < -0.3 is 10.5 Å². The number of benzene rings is 1. The number of nitrogens with two attached hydrogens (primary N) is 1. The Morgan fingerprint density at radius 3 is 2.71 bits per heavy atom. The van der Waals surface area contributed by atoms with E-state index in [4.69, 9.17) is 22.1 Å². The first-order valence-corrected chi connectivity index (χ1v) is 8.64. The molecule has 0 aromatic heterocycles. The third kappa shape index (κ3) is 3.57. The van der Waals surface area contributed by atoms with Crippen LogP contribution >= 0.6 is 11.6 Å². The van der Waals surface area contributed by atoms with Crippen LogP contribution in [-0.4, -0.2) is 37.5 Å². The maximum Gasteiger partial charge on any atom is 0.243 e. The molecule has 7 heteroatoms. The summed E-state index contributed by atoms with van der Waals surface area (Å²) >= 11 is 5.99. The van der Waals surface area contributed by atoms with Crippen molar-refractivity contribution in [3.05, 3.63) is 28.8 Å².